The Morgan fingerprint density at radius 3 is 2.05 bits per heavy atom. The number of phenols is 1. The molecule has 0 radical (unpaired) electrons. The Balaban J connectivity index is 0. The number of carboxylic acids is 1. The number of phenolic OH excluding ortho intramolecular Hbond substituents is 1. The van der Waals surface area contributed by atoms with Crippen LogP contribution in [0, 0.1) is 27.1 Å². The average Bonchev–Trinajstić information content (AvgIpc) is 2.38. The van der Waals surface area contributed by atoms with Crippen LogP contribution in [-0.2, 0) is 11.2 Å². The Morgan fingerprint density at radius 1 is 1.09 bits per heavy atom. The summed E-state index contributed by atoms with van der Waals surface area (Å²) < 4.78 is 12.8. The van der Waals surface area contributed by atoms with E-state index < -0.39 is 5.97 Å². The van der Waals surface area contributed by atoms with Gasteiger partial charge in [0.05, 0.1) is 6.42 Å². The molecule has 0 saturated heterocycles. The van der Waals surface area contributed by atoms with Crippen molar-refractivity contribution < 1.29 is 88.3 Å². The maximum absolute atomic E-state index is 12.8. The van der Waals surface area contributed by atoms with E-state index in [0.29, 0.717) is 16.9 Å². The number of halogens is 1. The summed E-state index contributed by atoms with van der Waals surface area (Å²) in [6, 6.07) is 11.5. The number of aromatic hydroxyl groups is 1. The fraction of sp³-hybridized carbons (Fsp3) is 0.176. The summed E-state index contributed by atoms with van der Waals surface area (Å²) in [4.78, 5) is 10.2. The van der Waals surface area contributed by atoms with Gasteiger partial charge in [0.25, 0.3) is 0 Å². The number of benzene rings is 2. The standard InChI is InChI=1S/C9H9FO2.C7H8O.CH3.Cs/c1-6-2-3-7(4-8(6)10)5-9(11)12;1-6-2-4-7(8)5-3-6;;/h2-4H,5H2,1H3,(H,11,12);2-5,8H,1H3;1H3;/q;;-1;+1. The van der Waals surface area contributed by atoms with E-state index in [0.717, 1.165) is 0 Å². The van der Waals surface area contributed by atoms with Gasteiger partial charge in [-0.3, -0.25) is 4.79 Å². The molecular weight excluding hydrogens is 404 g/mol. The van der Waals surface area contributed by atoms with Crippen LogP contribution in [0.3, 0.4) is 0 Å². The van der Waals surface area contributed by atoms with Crippen LogP contribution in [0.15, 0.2) is 42.5 Å². The topological polar surface area (TPSA) is 57.5 Å². The smallest absolute Gasteiger partial charge is 0.508 e. The third-order valence-corrected chi connectivity index (χ3v) is 2.63. The van der Waals surface area contributed by atoms with Gasteiger partial charge < -0.3 is 17.6 Å². The fourth-order valence-corrected chi connectivity index (χ4v) is 1.47. The summed E-state index contributed by atoms with van der Waals surface area (Å²) >= 11 is 0. The van der Waals surface area contributed by atoms with Gasteiger partial charge in [0, 0.05) is 0 Å². The van der Waals surface area contributed by atoms with Crippen LogP contribution < -0.4 is 68.9 Å². The first-order chi connectivity index (χ1) is 9.38. The minimum Gasteiger partial charge on any atom is -0.508 e. The fourth-order valence-electron chi connectivity index (χ4n) is 1.47. The molecule has 2 rings (SSSR count). The predicted octanol–water partition coefficient (Wildman–Crippen LogP) is 0.916. The predicted molar refractivity (Wildman–Crippen MR) is 81.7 cm³/mol. The summed E-state index contributed by atoms with van der Waals surface area (Å²) in [5, 5.41) is 17.2. The Morgan fingerprint density at radius 2 is 1.64 bits per heavy atom. The van der Waals surface area contributed by atoms with Gasteiger partial charge in [0.2, 0.25) is 0 Å². The number of hydrogen-bond donors (Lipinski definition) is 2. The molecule has 0 unspecified atom stereocenters. The zero-order valence-corrected chi connectivity index (χ0v) is 19.7. The molecule has 0 aliphatic rings. The first-order valence-corrected chi connectivity index (χ1v) is 6.11. The number of aryl methyl sites for hydroxylation is 2. The molecule has 0 aliphatic carbocycles. The molecular formula is C17H20CsFO3. The van der Waals surface area contributed by atoms with E-state index in [4.69, 9.17) is 10.2 Å². The molecule has 5 heteroatoms. The van der Waals surface area contributed by atoms with Gasteiger partial charge >= 0.3 is 74.9 Å². The Bertz CT molecular complexity index is 562. The summed E-state index contributed by atoms with van der Waals surface area (Å²) in [7, 11) is 0. The molecule has 114 valence electrons. The van der Waals surface area contributed by atoms with Crippen molar-refractivity contribution in [3.05, 3.63) is 72.4 Å². The van der Waals surface area contributed by atoms with Gasteiger partial charge in [-0.15, -0.1) is 0 Å². The van der Waals surface area contributed by atoms with Crippen LogP contribution in [-0.4, -0.2) is 16.2 Å². The van der Waals surface area contributed by atoms with Crippen LogP contribution in [0.25, 0.3) is 0 Å². The molecule has 2 aromatic rings. The normalized spacial score (nSPS) is 8.68. The number of carbonyl (C=O) groups is 1. The molecule has 0 aliphatic heterocycles. The molecule has 22 heavy (non-hydrogen) atoms. The van der Waals surface area contributed by atoms with Gasteiger partial charge in [-0.1, -0.05) is 29.8 Å². The summed E-state index contributed by atoms with van der Waals surface area (Å²) in [6.45, 7) is 3.62. The molecule has 0 fully saturated rings. The van der Waals surface area contributed by atoms with E-state index in [9.17, 15) is 9.18 Å². The second-order valence-electron chi connectivity index (χ2n) is 4.49. The number of rotatable bonds is 2. The van der Waals surface area contributed by atoms with Gasteiger partial charge in [-0.25, -0.2) is 4.39 Å². The summed E-state index contributed by atoms with van der Waals surface area (Å²) in [5.41, 5.74) is 2.19. The van der Waals surface area contributed by atoms with E-state index in [2.05, 4.69) is 0 Å². The molecule has 0 amide bonds. The van der Waals surface area contributed by atoms with Gasteiger partial charge in [-0.05, 0) is 43.2 Å². The van der Waals surface area contributed by atoms with Crippen LogP contribution in [0.5, 0.6) is 5.75 Å². The number of hydrogen-bond acceptors (Lipinski definition) is 2. The molecule has 0 spiro atoms. The molecule has 0 heterocycles. The average molecular weight is 424 g/mol. The second kappa shape index (κ2) is 12.2. The summed E-state index contributed by atoms with van der Waals surface area (Å²) in [6.07, 6.45) is -0.128. The van der Waals surface area contributed by atoms with E-state index in [1.807, 2.05) is 19.1 Å². The van der Waals surface area contributed by atoms with E-state index in [-0.39, 0.29) is 88.6 Å². The summed E-state index contributed by atoms with van der Waals surface area (Å²) in [5.74, 6) is -0.970. The third-order valence-electron chi connectivity index (χ3n) is 2.63. The molecule has 0 bridgehead atoms. The molecule has 3 nitrogen and oxygen atoms in total. The van der Waals surface area contributed by atoms with Crippen LogP contribution in [0.2, 0.25) is 0 Å². The van der Waals surface area contributed by atoms with E-state index >= 15 is 0 Å². The minimum atomic E-state index is -0.946. The molecule has 2 aromatic carbocycles. The van der Waals surface area contributed by atoms with Crippen molar-refractivity contribution in [2.45, 2.75) is 20.3 Å². The molecule has 2 N–H and O–H groups in total. The maximum atomic E-state index is 12.8. The third kappa shape index (κ3) is 9.66. The van der Waals surface area contributed by atoms with Crippen molar-refractivity contribution in [2.75, 3.05) is 0 Å². The second-order valence-corrected chi connectivity index (χ2v) is 4.49. The minimum absolute atomic E-state index is 0. The molecule has 0 aromatic heterocycles. The van der Waals surface area contributed by atoms with Crippen LogP contribution in [0.1, 0.15) is 16.7 Å². The van der Waals surface area contributed by atoms with Gasteiger partial charge in [0.15, 0.2) is 0 Å². The van der Waals surface area contributed by atoms with E-state index in [1.165, 1.54) is 11.6 Å². The van der Waals surface area contributed by atoms with Crippen LogP contribution >= 0.6 is 0 Å². The Hall–Kier alpha value is -0.308. The van der Waals surface area contributed by atoms with Crippen molar-refractivity contribution >= 4 is 5.97 Å². The zero-order chi connectivity index (χ0) is 15.1. The van der Waals surface area contributed by atoms with Crippen molar-refractivity contribution in [1.82, 2.24) is 0 Å². The SMILES string of the molecule is Cc1ccc(CC(=O)O)cc1F.Cc1ccc(O)cc1.[CH3-].[Cs+]. The largest absolute Gasteiger partial charge is 1.00 e. The molecule has 0 atom stereocenters. The Labute approximate surface area is 190 Å². The van der Waals surface area contributed by atoms with Crippen molar-refractivity contribution in [1.29, 1.82) is 0 Å². The van der Waals surface area contributed by atoms with Crippen LogP contribution in [0.4, 0.5) is 4.39 Å². The maximum Gasteiger partial charge on any atom is 1.00 e. The van der Waals surface area contributed by atoms with Gasteiger partial charge in [-0.2, -0.15) is 0 Å². The van der Waals surface area contributed by atoms with Crippen molar-refractivity contribution in [3.63, 3.8) is 0 Å². The van der Waals surface area contributed by atoms with Crippen molar-refractivity contribution in [3.8, 4) is 5.75 Å². The van der Waals surface area contributed by atoms with Crippen molar-refractivity contribution in [2.24, 2.45) is 0 Å². The number of aliphatic carboxylic acids is 1. The first kappa shape index (κ1) is 24.0. The number of carboxylic acid groups (broad SMARTS) is 1. The monoisotopic (exact) mass is 424 g/mol. The Kier molecular flexibility index (Phi) is 13.2. The first-order valence-electron chi connectivity index (χ1n) is 6.11. The van der Waals surface area contributed by atoms with E-state index in [1.54, 1.807) is 31.2 Å². The molecule has 0 saturated carbocycles. The zero-order valence-electron chi connectivity index (χ0n) is 13.4. The quantitative estimate of drug-likeness (QED) is 0.706. The van der Waals surface area contributed by atoms with Gasteiger partial charge in [0.1, 0.15) is 11.6 Å².